The van der Waals surface area contributed by atoms with Crippen molar-refractivity contribution in [3.63, 3.8) is 0 Å². The maximum absolute atomic E-state index is 11.9. The second-order valence-corrected chi connectivity index (χ2v) is 6.06. The van der Waals surface area contributed by atoms with E-state index >= 15 is 0 Å². The van der Waals surface area contributed by atoms with Crippen molar-refractivity contribution in [1.29, 1.82) is 0 Å². The van der Waals surface area contributed by atoms with E-state index in [1.165, 1.54) is 0 Å². The first kappa shape index (κ1) is 20.2. The highest BCUT2D eigenvalue weighted by Crippen LogP contribution is 2.10. The summed E-state index contributed by atoms with van der Waals surface area (Å²) in [5, 5.41) is 5.43. The third-order valence-corrected chi connectivity index (χ3v) is 3.87. The number of hydrogen-bond donors (Lipinski definition) is 2. The third-order valence-electron chi connectivity index (χ3n) is 3.87. The van der Waals surface area contributed by atoms with Crippen molar-refractivity contribution in [2.75, 3.05) is 26.2 Å². The van der Waals surface area contributed by atoms with Gasteiger partial charge in [-0.2, -0.15) is 0 Å². The lowest BCUT2D eigenvalue weighted by Crippen LogP contribution is -2.41. The van der Waals surface area contributed by atoms with Gasteiger partial charge in [-0.15, -0.1) is 0 Å². The Labute approximate surface area is 145 Å². The second kappa shape index (κ2) is 11.6. The molecule has 134 valence electrons. The van der Waals surface area contributed by atoms with Gasteiger partial charge in [-0.05, 0) is 51.4 Å². The summed E-state index contributed by atoms with van der Waals surface area (Å²) in [5.41, 5.74) is 0.980. The summed E-state index contributed by atoms with van der Waals surface area (Å²) < 4.78 is 0. The monoisotopic (exact) mass is 333 g/mol. The van der Waals surface area contributed by atoms with Crippen LogP contribution in [0.2, 0.25) is 0 Å². The Morgan fingerprint density at radius 2 is 1.62 bits per heavy atom. The molecule has 0 saturated carbocycles. The molecule has 0 radical (unpaired) electrons. The van der Waals surface area contributed by atoms with E-state index in [0.29, 0.717) is 6.54 Å². The van der Waals surface area contributed by atoms with Gasteiger partial charge >= 0.3 is 11.8 Å². The van der Waals surface area contributed by atoms with Crippen molar-refractivity contribution >= 4 is 11.8 Å². The lowest BCUT2D eigenvalue weighted by Gasteiger charge is -2.20. The molecule has 24 heavy (non-hydrogen) atoms. The Balaban J connectivity index is 2.28. The van der Waals surface area contributed by atoms with E-state index in [1.54, 1.807) is 0 Å². The minimum absolute atomic E-state index is 0.186. The molecule has 5 nitrogen and oxygen atoms in total. The fraction of sp³-hybridized carbons (Fsp3) is 0.579. The third kappa shape index (κ3) is 7.59. The summed E-state index contributed by atoms with van der Waals surface area (Å²) in [6.07, 6.45) is 3.12. The first-order chi connectivity index (χ1) is 11.6. The lowest BCUT2D eigenvalue weighted by atomic mass is 10.1. The van der Waals surface area contributed by atoms with Gasteiger partial charge in [0.25, 0.3) is 0 Å². The van der Waals surface area contributed by atoms with Crippen LogP contribution >= 0.6 is 0 Å². The molecule has 0 bridgehead atoms. The smallest absolute Gasteiger partial charge is 0.309 e. The number of carbonyl (C=O) groups excluding carboxylic acids is 2. The Morgan fingerprint density at radius 1 is 1.00 bits per heavy atom. The van der Waals surface area contributed by atoms with E-state index in [-0.39, 0.29) is 6.04 Å². The summed E-state index contributed by atoms with van der Waals surface area (Å²) >= 11 is 0. The molecule has 0 aliphatic heterocycles. The van der Waals surface area contributed by atoms with Crippen molar-refractivity contribution in [3.05, 3.63) is 35.9 Å². The zero-order valence-corrected chi connectivity index (χ0v) is 15.2. The molecule has 0 aromatic heterocycles. The fourth-order valence-corrected chi connectivity index (χ4v) is 2.64. The van der Waals surface area contributed by atoms with Crippen LogP contribution in [0.1, 0.15) is 51.6 Å². The molecule has 5 heteroatoms. The fourth-order valence-electron chi connectivity index (χ4n) is 2.64. The van der Waals surface area contributed by atoms with Crippen LogP contribution in [-0.4, -0.2) is 42.9 Å². The minimum atomic E-state index is -0.578. The maximum Gasteiger partial charge on any atom is 0.309 e. The number of nitrogens with zero attached hydrogens (tertiary/aromatic N) is 1. The topological polar surface area (TPSA) is 61.4 Å². The van der Waals surface area contributed by atoms with Gasteiger partial charge in [0.1, 0.15) is 0 Å². The Bertz CT molecular complexity index is 485. The highest BCUT2D eigenvalue weighted by Gasteiger charge is 2.16. The zero-order valence-electron chi connectivity index (χ0n) is 15.2. The van der Waals surface area contributed by atoms with Crippen molar-refractivity contribution in [3.8, 4) is 0 Å². The van der Waals surface area contributed by atoms with Gasteiger partial charge in [-0.25, -0.2) is 0 Å². The second-order valence-electron chi connectivity index (χ2n) is 6.06. The molecule has 1 aromatic rings. The van der Waals surface area contributed by atoms with Crippen LogP contribution in [0.15, 0.2) is 30.3 Å². The zero-order chi connectivity index (χ0) is 17.8. The average Bonchev–Trinajstić information content (AvgIpc) is 2.59. The first-order valence-electron chi connectivity index (χ1n) is 8.94. The number of rotatable bonds is 10. The van der Waals surface area contributed by atoms with Crippen molar-refractivity contribution in [2.45, 2.75) is 46.1 Å². The quantitative estimate of drug-likeness (QED) is 0.511. The Morgan fingerprint density at radius 3 is 2.21 bits per heavy atom. The van der Waals surface area contributed by atoms with Gasteiger partial charge in [0.2, 0.25) is 0 Å². The van der Waals surface area contributed by atoms with E-state index in [2.05, 4.69) is 29.4 Å². The van der Waals surface area contributed by atoms with E-state index in [1.807, 2.05) is 37.3 Å². The van der Waals surface area contributed by atoms with Crippen LogP contribution in [0.4, 0.5) is 0 Å². The van der Waals surface area contributed by atoms with Crippen molar-refractivity contribution in [1.82, 2.24) is 15.5 Å². The molecule has 1 atom stereocenters. The molecule has 0 unspecified atom stereocenters. The van der Waals surface area contributed by atoms with Gasteiger partial charge in [-0.3, -0.25) is 9.59 Å². The minimum Gasteiger partial charge on any atom is -0.348 e. The van der Waals surface area contributed by atoms with Crippen LogP contribution in [0.3, 0.4) is 0 Å². The summed E-state index contributed by atoms with van der Waals surface area (Å²) in [4.78, 5) is 26.2. The van der Waals surface area contributed by atoms with Gasteiger partial charge in [0.05, 0.1) is 6.04 Å². The predicted octanol–water partition coefficient (Wildman–Crippen LogP) is 2.49. The average molecular weight is 333 g/mol. The lowest BCUT2D eigenvalue weighted by molar-refractivity contribution is -0.139. The molecule has 1 aromatic carbocycles. The summed E-state index contributed by atoms with van der Waals surface area (Å²) in [6, 6.07) is 9.42. The standard InChI is InChI=1S/C19H31N3O2/c1-4-13-22(14-5-2)15-9-12-20-18(23)19(24)21-16(3)17-10-7-6-8-11-17/h6-8,10-11,16H,4-5,9,12-15H2,1-3H3,(H,20,23)(H,21,24)/t16-/m0/s1. The molecule has 2 amide bonds. The van der Waals surface area contributed by atoms with Crippen molar-refractivity contribution < 1.29 is 9.59 Å². The molecule has 1 rings (SSSR count). The SMILES string of the molecule is CCCN(CCC)CCCNC(=O)C(=O)N[C@@H](C)c1ccccc1. The molecule has 0 aliphatic rings. The maximum atomic E-state index is 11.9. The Kier molecular flexibility index (Phi) is 9.77. The van der Waals surface area contributed by atoms with E-state index < -0.39 is 11.8 Å². The summed E-state index contributed by atoms with van der Waals surface area (Å²) in [7, 11) is 0. The Hall–Kier alpha value is -1.88. The van der Waals surface area contributed by atoms with E-state index in [4.69, 9.17) is 0 Å². The van der Waals surface area contributed by atoms with Crippen LogP contribution in [-0.2, 0) is 9.59 Å². The number of carbonyl (C=O) groups is 2. The van der Waals surface area contributed by atoms with E-state index in [9.17, 15) is 9.59 Å². The van der Waals surface area contributed by atoms with Crippen LogP contribution in [0.25, 0.3) is 0 Å². The molecule has 0 heterocycles. The largest absolute Gasteiger partial charge is 0.348 e. The highest BCUT2D eigenvalue weighted by molar-refractivity contribution is 6.35. The molecule has 0 saturated heterocycles. The molecular weight excluding hydrogens is 302 g/mol. The number of benzene rings is 1. The predicted molar refractivity (Wildman–Crippen MR) is 97.6 cm³/mol. The van der Waals surface area contributed by atoms with E-state index in [0.717, 1.165) is 44.5 Å². The van der Waals surface area contributed by atoms with Crippen LogP contribution < -0.4 is 10.6 Å². The van der Waals surface area contributed by atoms with Gasteiger partial charge in [-0.1, -0.05) is 44.2 Å². The normalized spacial score (nSPS) is 12.0. The molecule has 0 aliphatic carbocycles. The first-order valence-corrected chi connectivity index (χ1v) is 8.94. The molecule has 0 spiro atoms. The van der Waals surface area contributed by atoms with Crippen LogP contribution in [0.5, 0.6) is 0 Å². The number of amides is 2. The van der Waals surface area contributed by atoms with Gasteiger partial charge in [0, 0.05) is 6.54 Å². The van der Waals surface area contributed by atoms with Gasteiger partial charge < -0.3 is 15.5 Å². The molecule has 0 fully saturated rings. The van der Waals surface area contributed by atoms with Crippen LogP contribution in [0, 0.1) is 0 Å². The van der Waals surface area contributed by atoms with Gasteiger partial charge in [0.15, 0.2) is 0 Å². The number of hydrogen-bond acceptors (Lipinski definition) is 3. The number of nitrogens with one attached hydrogen (secondary N) is 2. The van der Waals surface area contributed by atoms with Crippen molar-refractivity contribution in [2.24, 2.45) is 0 Å². The summed E-state index contributed by atoms with van der Waals surface area (Å²) in [5.74, 6) is -1.14. The highest BCUT2D eigenvalue weighted by atomic mass is 16.2. The molecule has 2 N–H and O–H groups in total. The molecular formula is C19H31N3O2. The summed E-state index contributed by atoms with van der Waals surface area (Å²) in [6.45, 7) is 9.84.